The average molecular weight is 448 g/mol. The lowest BCUT2D eigenvalue weighted by atomic mass is 10.1. The maximum Gasteiger partial charge on any atom is 0.337 e. The van der Waals surface area contributed by atoms with Crippen LogP contribution in [0.5, 0.6) is 0 Å². The van der Waals surface area contributed by atoms with Gasteiger partial charge in [-0.3, -0.25) is 9.36 Å². The average Bonchev–Trinajstić information content (AvgIpc) is 3.18. The highest BCUT2D eigenvalue weighted by molar-refractivity contribution is 6.30. The zero-order valence-electron chi connectivity index (χ0n) is 17.8. The third-order valence-corrected chi connectivity index (χ3v) is 5.65. The van der Waals surface area contributed by atoms with Crippen molar-refractivity contribution in [1.82, 2.24) is 18.7 Å². The molecule has 0 spiro atoms. The molecule has 0 fully saturated rings. The zero-order chi connectivity index (χ0) is 22.8. The second kappa shape index (κ2) is 8.85. The molecule has 0 radical (unpaired) electrons. The molecule has 0 N–H and O–H groups in total. The lowest BCUT2D eigenvalue weighted by molar-refractivity contribution is 0.491. The summed E-state index contributed by atoms with van der Waals surface area (Å²) in [4.78, 5) is 31.2. The number of imidazole rings is 1. The molecule has 162 valence electrons. The molecule has 7 nitrogen and oxygen atoms in total. The van der Waals surface area contributed by atoms with Crippen molar-refractivity contribution < 1.29 is 0 Å². The Morgan fingerprint density at radius 3 is 2.50 bits per heavy atom. The molecular weight excluding hydrogens is 426 g/mol. The minimum atomic E-state index is -0.437. The molecule has 32 heavy (non-hydrogen) atoms. The van der Waals surface area contributed by atoms with Crippen LogP contribution >= 0.6 is 11.6 Å². The first-order valence-electron chi connectivity index (χ1n) is 10.4. The van der Waals surface area contributed by atoms with Gasteiger partial charge in [-0.25, -0.2) is 14.3 Å². The van der Waals surface area contributed by atoms with E-state index in [0.29, 0.717) is 47.2 Å². The van der Waals surface area contributed by atoms with Gasteiger partial charge in [-0.05, 0) is 48.2 Å². The molecular formula is C24H22ClN5O2. The van der Waals surface area contributed by atoms with Gasteiger partial charge in [0.15, 0.2) is 11.2 Å². The van der Waals surface area contributed by atoms with Crippen molar-refractivity contribution >= 4 is 22.8 Å². The summed E-state index contributed by atoms with van der Waals surface area (Å²) >= 11 is 6.03. The Morgan fingerprint density at radius 1 is 1.09 bits per heavy atom. The Labute approximate surface area is 189 Å². The number of nitriles is 1. The van der Waals surface area contributed by atoms with Crippen LogP contribution in [0.2, 0.25) is 5.02 Å². The third-order valence-electron chi connectivity index (χ3n) is 5.39. The summed E-state index contributed by atoms with van der Waals surface area (Å²) in [6, 6.07) is 16.2. The molecule has 0 saturated carbocycles. The molecule has 0 bridgehead atoms. The van der Waals surface area contributed by atoms with Crippen LogP contribution in [0.25, 0.3) is 16.9 Å². The number of benzene rings is 2. The summed E-state index contributed by atoms with van der Waals surface area (Å²) in [7, 11) is 0. The van der Waals surface area contributed by atoms with Gasteiger partial charge in [-0.2, -0.15) is 5.26 Å². The summed E-state index contributed by atoms with van der Waals surface area (Å²) in [5, 5.41) is 9.98. The summed E-state index contributed by atoms with van der Waals surface area (Å²) < 4.78 is 4.41. The highest BCUT2D eigenvalue weighted by Crippen LogP contribution is 2.18. The number of rotatable bonds is 6. The summed E-state index contributed by atoms with van der Waals surface area (Å²) in [5.41, 5.74) is 1.64. The topological polar surface area (TPSA) is 85.6 Å². The lowest BCUT2D eigenvalue weighted by Crippen LogP contribution is -2.40. The molecule has 2 aromatic heterocycles. The Balaban J connectivity index is 1.97. The number of hydrogen-bond acceptors (Lipinski definition) is 4. The molecule has 0 atom stereocenters. The van der Waals surface area contributed by atoms with E-state index in [-0.39, 0.29) is 11.2 Å². The van der Waals surface area contributed by atoms with Crippen LogP contribution < -0.4 is 11.2 Å². The largest absolute Gasteiger partial charge is 0.337 e. The first-order chi connectivity index (χ1) is 15.4. The second-order valence-corrected chi connectivity index (χ2v) is 8.48. The molecule has 0 aliphatic heterocycles. The van der Waals surface area contributed by atoms with Crippen LogP contribution in [0.4, 0.5) is 0 Å². The van der Waals surface area contributed by atoms with E-state index >= 15 is 0 Å². The molecule has 4 aromatic rings. The SMILES string of the molecule is CC(C)CCn1c(=O)c2c(ncn2Cc2ccccc2C#N)n(-c2ccc(Cl)cc2)c1=O. The second-order valence-electron chi connectivity index (χ2n) is 8.05. The molecule has 8 heteroatoms. The fraction of sp³-hybridized carbons (Fsp3) is 0.250. The van der Waals surface area contributed by atoms with E-state index in [9.17, 15) is 14.9 Å². The van der Waals surface area contributed by atoms with Crippen molar-refractivity contribution in [3.63, 3.8) is 0 Å². The molecule has 0 aliphatic rings. The molecule has 2 heterocycles. The van der Waals surface area contributed by atoms with Crippen molar-refractivity contribution in [3.8, 4) is 11.8 Å². The standard InChI is InChI=1S/C24H22ClN5O2/c1-16(2)11-12-29-23(31)21-22(30(24(29)32)20-9-7-19(25)8-10-20)27-15-28(21)14-18-6-4-3-5-17(18)13-26/h3-10,15-16H,11-12,14H2,1-2H3. The van der Waals surface area contributed by atoms with Crippen molar-refractivity contribution in [2.45, 2.75) is 33.4 Å². The Morgan fingerprint density at radius 2 is 1.81 bits per heavy atom. The lowest BCUT2D eigenvalue weighted by Gasteiger charge is -2.14. The maximum atomic E-state index is 13.4. The molecule has 0 amide bonds. The van der Waals surface area contributed by atoms with Gasteiger partial charge in [-0.1, -0.05) is 43.6 Å². The van der Waals surface area contributed by atoms with Crippen LogP contribution in [0.15, 0.2) is 64.4 Å². The molecule has 0 saturated heterocycles. The highest BCUT2D eigenvalue weighted by atomic mass is 35.5. The Kier molecular flexibility index (Phi) is 5.97. The quantitative estimate of drug-likeness (QED) is 0.447. The highest BCUT2D eigenvalue weighted by Gasteiger charge is 2.20. The van der Waals surface area contributed by atoms with E-state index in [2.05, 4.69) is 11.1 Å². The van der Waals surface area contributed by atoms with Gasteiger partial charge in [0.2, 0.25) is 0 Å². The van der Waals surface area contributed by atoms with Crippen molar-refractivity contribution in [3.05, 3.63) is 91.8 Å². The van der Waals surface area contributed by atoms with E-state index in [1.165, 1.54) is 9.13 Å². The van der Waals surface area contributed by atoms with E-state index in [0.717, 1.165) is 5.56 Å². The van der Waals surface area contributed by atoms with Crippen LogP contribution in [-0.4, -0.2) is 18.7 Å². The zero-order valence-corrected chi connectivity index (χ0v) is 18.6. The summed E-state index contributed by atoms with van der Waals surface area (Å²) in [6.45, 7) is 4.69. The first-order valence-corrected chi connectivity index (χ1v) is 10.7. The van der Waals surface area contributed by atoms with E-state index in [1.807, 2.05) is 26.0 Å². The first kappa shape index (κ1) is 21.6. The van der Waals surface area contributed by atoms with Crippen LogP contribution in [0, 0.1) is 17.2 Å². The van der Waals surface area contributed by atoms with E-state index in [4.69, 9.17) is 11.6 Å². The minimum absolute atomic E-state index is 0.276. The predicted molar refractivity (Wildman–Crippen MR) is 124 cm³/mol. The number of aromatic nitrogens is 4. The maximum absolute atomic E-state index is 13.4. The number of fused-ring (bicyclic) bond motifs is 1. The molecule has 2 aromatic carbocycles. The van der Waals surface area contributed by atoms with Crippen molar-refractivity contribution in [2.75, 3.05) is 0 Å². The smallest absolute Gasteiger partial charge is 0.320 e. The normalized spacial score (nSPS) is 11.2. The van der Waals surface area contributed by atoms with Gasteiger partial charge in [0.05, 0.1) is 30.2 Å². The van der Waals surface area contributed by atoms with Gasteiger partial charge >= 0.3 is 5.69 Å². The van der Waals surface area contributed by atoms with Crippen LogP contribution in [-0.2, 0) is 13.1 Å². The van der Waals surface area contributed by atoms with Crippen LogP contribution in [0.1, 0.15) is 31.4 Å². The predicted octanol–water partition coefficient (Wildman–Crippen LogP) is 3.97. The summed E-state index contributed by atoms with van der Waals surface area (Å²) in [6.07, 6.45) is 2.23. The number of nitrogens with zero attached hydrogens (tertiary/aromatic N) is 5. The van der Waals surface area contributed by atoms with Gasteiger partial charge in [-0.15, -0.1) is 0 Å². The van der Waals surface area contributed by atoms with Gasteiger partial charge in [0.1, 0.15) is 0 Å². The van der Waals surface area contributed by atoms with Gasteiger partial charge in [0.25, 0.3) is 5.56 Å². The fourth-order valence-corrected chi connectivity index (χ4v) is 3.78. The van der Waals surface area contributed by atoms with Crippen LogP contribution in [0.3, 0.4) is 0 Å². The van der Waals surface area contributed by atoms with Crippen molar-refractivity contribution in [2.24, 2.45) is 5.92 Å². The monoisotopic (exact) mass is 447 g/mol. The Bertz CT molecular complexity index is 1440. The van der Waals surface area contributed by atoms with Crippen molar-refractivity contribution in [1.29, 1.82) is 5.26 Å². The molecule has 4 rings (SSSR count). The number of halogens is 1. The Hall–Kier alpha value is -3.63. The molecule has 0 aliphatic carbocycles. The minimum Gasteiger partial charge on any atom is -0.320 e. The van der Waals surface area contributed by atoms with Gasteiger partial charge in [0, 0.05) is 11.6 Å². The van der Waals surface area contributed by atoms with E-state index in [1.54, 1.807) is 47.3 Å². The van der Waals surface area contributed by atoms with Gasteiger partial charge < -0.3 is 4.57 Å². The third kappa shape index (κ3) is 3.97. The fourth-order valence-electron chi connectivity index (χ4n) is 3.66. The summed E-state index contributed by atoms with van der Waals surface area (Å²) in [5.74, 6) is 0.327. The number of hydrogen-bond donors (Lipinski definition) is 0. The molecule has 0 unspecified atom stereocenters. The van der Waals surface area contributed by atoms with E-state index < -0.39 is 5.69 Å².